The molecule has 0 saturated carbocycles. The number of anilines is 1. The summed E-state index contributed by atoms with van der Waals surface area (Å²) in [7, 11) is 0. The number of imide groups is 1. The number of urea groups is 1. The number of amides is 3. The van der Waals surface area contributed by atoms with Crippen LogP contribution < -0.4 is 19.7 Å². The van der Waals surface area contributed by atoms with Crippen LogP contribution in [0.15, 0.2) is 66.4 Å². The van der Waals surface area contributed by atoms with Crippen molar-refractivity contribution in [2.45, 2.75) is 13.5 Å². The first-order valence-corrected chi connectivity index (χ1v) is 11.6. The Labute approximate surface area is 216 Å². The molecule has 1 aliphatic rings. The summed E-state index contributed by atoms with van der Waals surface area (Å²) in [5.41, 5.74) is 1.84. The van der Waals surface area contributed by atoms with E-state index in [0.717, 1.165) is 10.5 Å². The zero-order valence-electron chi connectivity index (χ0n) is 19.0. The van der Waals surface area contributed by atoms with Crippen molar-refractivity contribution in [1.82, 2.24) is 5.32 Å². The molecular formula is C26H20Cl2N2O6. The molecule has 3 aromatic rings. The van der Waals surface area contributed by atoms with Gasteiger partial charge < -0.3 is 19.9 Å². The first-order valence-electron chi connectivity index (χ1n) is 10.8. The number of carbonyl (C=O) groups is 3. The largest absolute Gasteiger partial charge is 0.490 e. The van der Waals surface area contributed by atoms with E-state index in [4.69, 9.17) is 37.8 Å². The lowest BCUT2D eigenvalue weighted by atomic mass is 10.1. The fraction of sp³-hybridized carbons (Fsp3) is 0.115. The summed E-state index contributed by atoms with van der Waals surface area (Å²) in [6, 6.07) is 15.3. The van der Waals surface area contributed by atoms with Crippen LogP contribution in [0.5, 0.6) is 11.5 Å². The van der Waals surface area contributed by atoms with Gasteiger partial charge in [-0.1, -0.05) is 41.4 Å². The lowest BCUT2D eigenvalue weighted by Crippen LogP contribution is -2.30. The molecule has 10 heteroatoms. The van der Waals surface area contributed by atoms with Crippen molar-refractivity contribution < 1.29 is 29.0 Å². The molecule has 0 aliphatic carbocycles. The van der Waals surface area contributed by atoms with Gasteiger partial charge in [-0.25, -0.2) is 14.5 Å². The van der Waals surface area contributed by atoms with Crippen LogP contribution in [-0.2, 0) is 11.4 Å². The van der Waals surface area contributed by atoms with Crippen LogP contribution in [-0.4, -0.2) is 29.6 Å². The number of halogens is 2. The number of nitrogens with zero attached hydrogens (tertiary/aromatic N) is 1. The monoisotopic (exact) mass is 526 g/mol. The minimum Gasteiger partial charge on any atom is -0.490 e. The van der Waals surface area contributed by atoms with Crippen LogP contribution in [0.4, 0.5) is 10.5 Å². The van der Waals surface area contributed by atoms with Crippen molar-refractivity contribution in [3.05, 3.63) is 93.1 Å². The molecule has 0 atom stereocenters. The molecular weight excluding hydrogens is 507 g/mol. The quantitative estimate of drug-likeness (QED) is 0.285. The molecule has 3 amide bonds. The van der Waals surface area contributed by atoms with E-state index in [2.05, 4.69) is 5.32 Å². The van der Waals surface area contributed by atoms with Crippen LogP contribution in [0, 0.1) is 0 Å². The third kappa shape index (κ3) is 5.45. The molecule has 4 rings (SSSR count). The SMILES string of the molecule is CCOc1cc(/C=C2/NC(=O)N(c3cccc(Cl)c3)C2=O)cc(Cl)c1OCc1ccc(C(=O)O)cc1. The number of rotatable bonds is 8. The summed E-state index contributed by atoms with van der Waals surface area (Å²) in [5, 5.41) is 12.2. The van der Waals surface area contributed by atoms with Gasteiger partial charge in [0.1, 0.15) is 12.3 Å². The molecule has 1 saturated heterocycles. The van der Waals surface area contributed by atoms with Gasteiger partial charge in [0.15, 0.2) is 11.5 Å². The third-order valence-electron chi connectivity index (χ3n) is 5.17. The maximum atomic E-state index is 12.9. The van der Waals surface area contributed by atoms with Gasteiger partial charge in [-0.3, -0.25) is 4.79 Å². The second-order valence-corrected chi connectivity index (χ2v) is 8.51. The van der Waals surface area contributed by atoms with E-state index in [9.17, 15) is 14.4 Å². The highest BCUT2D eigenvalue weighted by atomic mass is 35.5. The van der Waals surface area contributed by atoms with Gasteiger partial charge in [-0.05, 0) is 66.6 Å². The molecule has 8 nitrogen and oxygen atoms in total. The lowest BCUT2D eigenvalue weighted by Gasteiger charge is -2.15. The molecule has 1 fully saturated rings. The van der Waals surface area contributed by atoms with Gasteiger partial charge in [0.2, 0.25) is 0 Å². The summed E-state index contributed by atoms with van der Waals surface area (Å²) in [4.78, 5) is 37.4. The number of nitrogens with one attached hydrogen (secondary N) is 1. The van der Waals surface area contributed by atoms with Crippen molar-refractivity contribution in [3.63, 3.8) is 0 Å². The summed E-state index contributed by atoms with van der Waals surface area (Å²) in [5.74, 6) is -0.907. The number of carboxylic acid groups (broad SMARTS) is 1. The number of ether oxygens (including phenoxy) is 2. The average molecular weight is 527 g/mol. The number of carbonyl (C=O) groups excluding carboxylic acids is 2. The average Bonchev–Trinajstić information content (AvgIpc) is 3.11. The van der Waals surface area contributed by atoms with Gasteiger partial charge in [-0.2, -0.15) is 0 Å². The Kier molecular flexibility index (Phi) is 7.47. The normalized spacial score (nSPS) is 14.2. The summed E-state index contributed by atoms with van der Waals surface area (Å²) >= 11 is 12.5. The highest BCUT2D eigenvalue weighted by Gasteiger charge is 2.35. The van der Waals surface area contributed by atoms with E-state index in [1.54, 1.807) is 49.4 Å². The van der Waals surface area contributed by atoms with Crippen molar-refractivity contribution in [2.75, 3.05) is 11.5 Å². The van der Waals surface area contributed by atoms with E-state index < -0.39 is 17.9 Å². The standard InChI is InChI=1S/C26H20Cl2N2O6/c1-2-35-22-12-16(10-20(28)23(22)36-14-15-6-8-17(9-7-15)25(32)33)11-21-24(31)30(26(34)29-21)19-5-3-4-18(27)13-19/h3-13H,2,14H2,1H3,(H,29,34)(H,32,33)/b21-11+. The maximum absolute atomic E-state index is 12.9. The van der Waals surface area contributed by atoms with Crippen molar-refractivity contribution in [3.8, 4) is 11.5 Å². The Hall–Kier alpha value is -4.01. The van der Waals surface area contributed by atoms with Gasteiger partial charge >= 0.3 is 12.0 Å². The highest BCUT2D eigenvalue weighted by molar-refractivity contribution is 6.33. The number of carboxylic acids is 1. The van der Waals surface area contributed by atoms with Crippen molar-refractivity contribution >= 4 is 52.9 Å². The predicted molar refractivity (Wildman–Crippen MR) is 136 cm³/mol. The molecule has 1 heterocycles. The fourth-order valence-corrected chi connectivity index (χ4v) is 3.98. The van der Waals surface area contributed by atoms with E-state index in [-0.39, 0.29) is 22.9 Å². The second kappa shape index (κ2) is 10.7. The summed E-state index contributed by atoms with van der Waals surface area (Å²) in [6.07, 6.45) is 1.49. The molecule has 0 unspecified atom stereocenters. The van der Waals surface area contributed by atoms with Crippen LogP contribution >= 0.6 is 23.2 Å². The van der Waals surface area contributed by atoms with Gasteiger partial charge in [0, 0.05) is 5.02 Å². The minimum absolute atomic E-state index is 0.0608. The summed E-state index contributed by atoms with van der Waals surface area (Å²) in [6.45, 7) is 2.26. The van der Waals surface area contributed by atoms with E-state index in [0.29, 0.717) is 34.4 Å². The van der Waals surface area contributed by atoms with Gasteiger partial charge in [0.25, 0.3) is 5.91 Å². The molecule has 2 N–H and O–H groups in total. The van der Waals surface area contributed by atoms with E-state index in [1.807, 2.05) is 0 Å². The highest BCUT2D eigenvalue weighted by Crippen LogP contribution is 2.38. The maximum Gasteiger partial charge on any atom is 0.335 e. The molecule has 0 aromatic heterocycles. The van der Waals surface area contributed by atoms with Crippen LogP contribution in [0.25, 0.3) is 6.08 Å². The van der Waals surface area contributed by atoms with Gasteiger partial charge in [-0.15, -0.1) is 0 Å². The Morgan fingerprint density at radius 3 is 2.47 bits per heavy atom. The smallest absolute Gasteiger partial charge is 0.335 e. The molecule has 1 aliphatic heterocycles. The molecule has 0 bridgehead atoms. The van der Waals surface area contributed by atoms with Crippen LogP contribution in [0.1, 0.15) is 28.4 Å². The Morgan fingerprint density at radius 1 is 1.06 bits per heavy atom. The molecule has 3 aromatic carbocycles. The van der Waals surface area contributed by atoms with Crippen molar-refractivity contribution in [2.24, 2.45) is 0 Å². The lowest BCUT2D eigenvalue weighted by molar-refractivity contribution is -0.113. The molecule has 0 spiro atoms. The zero-order valence-corrected chi connectivity index (χ0v) is 20.5. The minimum atomic E-state index is -1.01. The summed E-state index contributed by atoms with van der Waals surface area (Å²) < 4.78 is 11.6. The molecule has 0 radical (unpaired) electrons. The number of hydrogen-bond acceptors (Lipinski definition) is 5. The predicted octanol–water partition coefficient (Wildman–Crippen LogP) is 5.77. The topological polar surface area (TPSA) is 105 Å². The third-order valence-corrected chi connectivity index (χ3v) is 5.69. The van der Waals surface area contributed by atoms with E-state index in [1.165, 1.54) is 24.3 Å². The Morgan fingerprint density at radius 2 is 1.81 bits per heavy atom. The fourth-order valence-electron chi connectivity index (χ4n) is 3.52. The van der Waals surface area contributed by atoms with Crippen LogP contribution in [0.3, 0.4) is 0 Å². The van der Waals surface area contributed by atoms with Gasteiger partial charge in [0.05, 0.1) is 22.9 Å². The van der Waals surface area contributed by atoms with E-state index >= 15 is 0 Å². The molecule has 184 valence electrons. The Bertz CT molecular complexity index is 1370. The van der Waals surface area contributed by atoms with Crippen molar-refractivity contribution in [1.29, 1.82) is 0 Å². The van der Waals surface area contributed by atoms with Crippen LogP contribution in [0.2, 0.25) is 10.0 Å². The Balaban J connectivity index is 1.57. The molecule has 36 heavy (non-hydrogen) atoms. The zero-order chi connectivity index (χ0) is 25.8. The second-order valence-electron chi connectivity index (χ2n) is 7.66. The first-order chi connectivity index (χ1) is 17.3. The number of benzene rings is 3. The number of hydrogen-bond donors (Lipinski definition) is 2. The number of aromatic carboxylic acids is 1. The first kappa shape index (κ1) is 25.1.